The van der Waals surface area contributed by atoms with Gasteiger partial charge in [-0.3, -0.25) is 9.80 Å². The van der Waals surface area contributed by atoms with Crippen LogP contribution in [0.25, 0.3) is 0 Å². The van der Waals surface area contributed by atoms with Crippen LogP contribution in [0, 0.1) is 11.8 Å². The molecule has 0 aromatic heterocycles. The first-order chi connectivity index (χ1) is 10.3. The van der Waals surface area contributed by atoms with E-state index in [1.54, 1.807) is 0 Å². The van der Waals surface area contributed by atoms with Gasteiger partial charge in [-0.25, -0.2) is 0 Å². The Bertz CT molecular complexity index is 336. The van der Waals surface area contributed by atoms with Gasteiger partial charge in [-0.1, -0.05) is 19.8 Å². The topological polar surface area (TPSA) is 19.0 Å². The molecule has 0 unspecified atom stereocenters. The van der Waals surface area contributed by atoms with Gasteiger partial charge in [-0.2, -0.15) is 0 Å². The normalized spacial score (nSPS) is 21.8. The van der Waals surface area contributed by atoms with Crippen molar-refractivity contribution in [3.8, 4) is 11.8 Å². The van der Waals surface area contributed by atoms with Crippen molar-refractivity contribution in [1.29, 1.82) is 0 Å². The predicted octanol–water partition coefficient (Wildman–Crippen LogP) is 1.13. The molecule has 2 aliphatic rings. The van der Waals surface area contributed by atoms with Crippen LogP contribution in [-0.2, 0) is 4.74 Å². The van der Waals surface area contributed by atoms with Gasteiger partial charge in [0.2, 0.25) is 0 Å². The van der Waals surface area contributed by atoms with Crippen molar-refractivity contribution in [1.82, 2.24) is 14.7 Å². The number of hydrogen-bond acceptors (Lipinski definition) is 4. The first-order valence-electron chi connectivity index (χ1n) is 8.56. The minimum absolute atomic E-state index is 0.499. The van der Waals surface area contributed by atoms with E-state index in [-0.39, 0.29) is 0 Å². The van der Waals surface area contributed by atoms with Crippen molar-refractivity contribution < 1.29 is 4.74 Å². The third-order valence-electron chi connectivity index (χ3n) is 4.41. The van der Waals surface area contributed by atoms with E-state index < -0.39 is 0 Å². The highest BCUT2D eigenvalue weighted by Crippen LogP contribution is 2.11. The average molecular weight is 293 g/mol. The summed E-state index contributed by atoms with van der Waals surface area (Å²) in [7, 11) is 0. The number of ether oxygens (including phenoxy) is 1. The predicted molar refractivity (Wildman–Crippen MR) is 87.4 cm³/mol. The number of piperazine rings is 1. The van der Waals surface area contributed by atoms with Crippen LogP contribution in [0.15, 0.2) is 0 Å². The summed E-state index contributed by atoms with van der Waals surface area (Å²) in [6, 6.07) is 0. The van der Waals surface area contributed by atoms with E-state index in [2.05, 4.69) is 40.4 Å². The Hall–Kier alpha value is -0.600. The fourth-order valence-electron chi connectivity index (χ4n) is 2.89. The van der Waals surface area contributed by atoms with E-state index in [1.165, 1.54) is 19.6 Å². The molecule has 2 heterocycles. The Morgan fingerprint density at radius 3 is 2.33 bits per heavy atom. The van der Waals surface area contributed by atoms with E-state index in [1.807, 2.05) is 0 Å². The van der Waals surface area contributed by atoms with Crippen molar-refractivity contribution in [2.45, 2.75) is 32.8 Å². The molecule has 0 spiro atoms. The summed E-state index contributed by atoms with van der Waals surface area (Å²) in [4.78, 5) is 7.45. The van der Waals surface area contributed by atoms with E-state index in [0.717, 1.165) is 58.7 Å². The average Bonchev–Trinajstić information content (AvgIpc) is 2.47. The maximum absolute atomic E-state index is 5.89. The molecule has 0 aromatic rings. The maximum atomic E-state index is 5.89. The van der Waals surface area contributed by atoms with Crippen LogP contribution in [0.3, 0.4) is 0 Å². The molecule has 0 aromatic carbocycles. The second-order valence-corrected chi connectivity index (χ2v) is 6.02. The summed E-state index contributed by atoms with van der Waals surface area (Å²) in [6.45, 7) is 15.5. The number of rotatable bonds is 7. The lowest BCUT2D eigenvalue weighted by molar-refractivity contribution is -0.0544. The Labute approximate surface area is 130 Å². The molecule has 0 atom stereocenters. The third kappa shape index (κ3) is 5.96. The van der Waals surface area contributed by atoms with Gasteiger partial charge in [0.1, 0.15) is 0 Å². The van der Waals surface area contributed by atoms with E-state index in [9.17, 15) is 0 Å². The second-order valence-electron chi connectivity index (χ2n) is 6.02. The first-order valence-corrected chi connectivity index (χ1v) is 8.56. The molecule has 120 valence electrons. The minimum atomic E-state index is 0.499. The summed E-state index contributed by atoms with van der Waals surface area (Å²) in [5, 5.41) is 0. The van der Waals surface area contributed by atoms with E-state index >= 15 is 0 Å². The van der Waals surface area contributed by atoms with Gasteiger partial charge >= 0.3 is 0 Å². The van der Waals surface area contributed by atoms with Crippen LogP contribution in [0.5, 0.6) is 0 Å². The highest BCUT2D eigenvalue weighted by Gasteiger charge is 2.25. The SMILES string of the molecule is CCC#CCN1CCN(CCCOC2CN(CC)C2)CC1. The summed E-state index contributed by atoms with van der Waals surface area (Å²) in [5.41, 5.74) is 0. The molecule has 0 radical (unpaired) electrons. The van der Waals surface area contributed by atoms with Gasteiger partial charge in [-0.05, 0) is 13.0 Å². The molecular formula is C17H31N3O. The van der Waals surface area contributed by atoms with Gasteiger partial charge in [0.25, 0.3) is 0 Å². The smallest absolute Gasteiger partial charge is 0.0828 e. The number of likely N-dealkylation sites (tertiary alicyclic amines) is 1. The van der Waals surface area contributed by atoms with Crippen LogP contribution in [-0.4, -0.2) is 86.3 Å². The van der Waals surface area contributed by atoms with Crippen molar-refractivity contribution >= 4 is 0 Å². The Balaban J connectivity index is 1.46. The molecule has 0 bridgehead atoms. The van der Waals surface area contributed by atoms with Gasteiger partial charge < -0.3 is 9.64 Å². The Kier molecular flexibility index (Phi) is 7.52. The summed E-state index contributed by atoms with van der Waals surface area (Å²) < 4.78 is 5.89. The van der Waals surface area contributed by atoms with Crippen LogP contribution in [0.2, 0.25) is 0 Å². The fourth-order valence-corrected chi connectivity index (χ4v) is 2.89. The lowest BCUT2D eigenvalue weighted by Crippen LogP contribution is -2.52. The van der Waals surface area contributed by atoms with Crippen molar-refractivity contribution in [2.75, 3.05) is 65.5 Å². The molecule has 4 nitrogen and oxygen atoms in total. The standard InChI is InChI=1S/C17H31N3O/c1-3-5-6-8-19-10-12-20(13-11-19)9-7-14-21-17-15-18(4-2)16-17/h17H,3-4,7-16H2,1-2H3. The van der Waals surface area contributed by atoms with Gasteiger partial charge in [0, 0.05) is 58.8 Å². The lowest BCUT2D eigenvalue weighted by atomic mass is 10.2. The number of hydrogen-bond donors (Lipinski definition) is 0. The monoisotopic (exact) mass is 293 g/mol. The molecule has 0 amide bonds. The van der Waals surface area contributed by atoms with Gasteiger partial charge in [0.15, 0.2) is 0 Å². The lowest BCUT2D eigenvalue weighted by Gasteiger charge is -2.38. The van der Waals surface area contributed by atoms with E-state index in [4.69, 9.17) is 4.74 Å². The first kappa shape index (κ1) is 16.8. The summed E-state index contributed by atoms with van der Waals surface area (Å²) in [5.74, 6) is 6.39. The second kappa shape index (κ2) is 9.42. The van der Waals surface area contributed by atoms with Crippen LogP contribution >= 0.6 is 0 Å². The molecule has 0 aliphatic carbocycles. The Morgan fingerprint density at radius 2 is 1.67 bits per heavy atom. The van der Waals surface area contributed by atoms with Crippen molar-refractivity contribution in [2.24, 2.45) is 0 Å². The Morgan fingerprint density at radius 1 is 0.952 bits per heavy atom. The molecule has 0 N–H and O–H groups in total. The highest BCUT2D eigenvalue weighted by atomic mass is 16.5. The third-order valence-corrected chi connectivity index (χ3v) is 4.41. The molecule has 2 rings (SSSR count). The zero-order valence-corrected chi connectivity index (χ0v) is 13.8. The quantitative estimate of drug-likeness (QED) is 0.517. The molecule has 0 saturated carbocycles. The number of nitrogens with zero attached hydrogens (tertiary/aromatic N) is 3. The zero-order chi connectivity index (χ0) is 14.9. The molecular weight excluding hydrogens is 262 g/mol. The van der Waals surface area contributed by atoms with Crippen LogP contribution in [0.1, 0.15) is 26.7 Å². The van der Waals surface area contributed by atoms with Crippen molar-refractivity contribution in [3.63, 3.8) is 0 Å². The zero-order valence-electron chi connectivity index (χ0n) is 13.8. The molecule has 4 heteroatoms. The number of likely N-dealkylation sites (N-methyl/N-ethyl adjacent to an activating group) is 1. The minimum Gasteiger partial charge on any atom is -0.376 e. The highest BCUT2D eigenvalue weighted by molar-refractivity contribution is 5.00. The largest absolute Gasteiger partial charge is 0.376 e. The van der Waals surface area contributed by atoms with Gasteiger partial charge in [-0.15, -0.1) is 5.92 Å². The summed E-state index contributed by atoms with van der Waals surface area (Å²) in [6.07, 6.45) is 2.63. The van der Waals surface area contributed by atoms with Crippen LogP contribution in [0.4, 0.5) is 0 Å². The molecule has 21 heavy (non-hydrogen) atoms. The van der Waals surface area contributed by atoms with Crippen molar-refractivity contribution in [3.05, 3.63) is 0 Å². The molecule has 2 aliphatic heterocycles. The molecule has 2 saturated heterocycles. The maximum Gasteiger partial charge on any atom is 0.0828 e. The van der Waals surface area contributed by atoms with Crippen LogP contribution < -0.4 is 0 Å². The van der Waals surface area contributed by atoms with Gasteiger partial charge in [0.05, 0.1) is 12.6 Å². The summed E-state index contributed by atoms with van der Waals surface area (Å²) >= 11 is 0. The van der Waals surface area contributed by atoms with E-state index in [0.29, 0.717) is 6.10 Å². The molecule has 2 fully saturated rings. The fraction of sp³-hybridized carbons (Fsp3) is 0.882.